The number of hydrogen-bond acceptors (Lipinski definition) is 4. The molecular formula is C17H15NO2S. The molecule has 1 saturated heterocycles. The van der Waals surface area contributed by atoms with Gasteiger partial charge >= 0.3 is 0 Å². The number of aliphatic hydroxyl groups is 1. The van der Waals surface area contributed by atoms with Crippen molar-refractivity contribution in [3.63, 3.8) is 0 Å². The lowest BCUT2D eigenvalue weighted by Crippen LogP contribution is -2.22. The van der Waals surface area contributed by atoms with Gasteiger partial charge in [-0.25, -0.2) is 4.98 Å². The first-order chi connectivity index (χ1) is 10.2. The fourth-order valence-corrected chi connectivity index (χ4v) is 4.01. The summed E-state index contributed by atoms with van der Waals surface area (Å²) in [7, 11) is 0. The van der Waals surface area contributed by atoms with Crippen molar-refractivity contribution in [3.8, 4) is 0 Å². The van der Waals surface area contributed by atoms with Crippen LogP contribution in [-0.4, -0.2) is 16.2 Å². The van der Waals surface area contributed by atoms with Gasteiger partial charge in [0.1, 0.15) is 11.1 Å². The summed E-state index contributed by atoms with van der Waals surface area (Å²) >= 11 is 1.60. The van der Waals surface area contributed by atoms with Gasteiger partial charge in [-0.3, -0.25) is 0 Å². The largest absolute Gasteiger partial charge is 0.385 e. The summed E-state index contributed by atoms with van der Waals surface area (Å²) in [6.45, 7) is 1.98. The smallest absolute Gasteiger partial charge is 0.175 e. The van der Waals surface area contributed by atoms with Crippen LogP contribution in [0.3, 0.4) is 0 Å². The molecule has 0 aliphatic carbocycles. The SMILES string of the molecule is C[C@H]1O[C@]1(c1nc2ccccc2s1)C(O)c1ccccc1. The summed E-state index contributed by atoms with van der Waals surface area (Å²) in [4.78, 5) is 4.68. The fourth-order valence-electron chi connectivity index (χ4n) is 2.81. The Labute approximate surface area is 126 Å². The van der Waals surface area contributed by atoms with Crippen LogP contribution in [0, 0.1) is 0 Å². The zero-order valence-electron chi connectivity index (χ0n) is 11.6. The molecule has 2 aromatic carbocycles. The second kappa shape index (κ2) is 4.63. The van der Waals surface area contributed by atoms with Gasteiger partial charge in [-0.1, -0.05) is 42.5 Å². The van der Waals surface area contributed by atoms with Gasteiger partial charge in [0.25, 0.3) is 0 Å². The number of benzene rings is 2. The van der Waals surface area contributed by atoms with Gasteiger partial charge in [-0.05, 0) is 24.6 Å². The van der Waals surface area contributed by atoms with E-state index in [0.717, 1.165) is 20.8 Å². The molecule has 2 heterocycles. The average molecular weight is 297 g/mol. The Morgan fingerprint density at radius 3 is 2.48 bits per heavy atom. The molecule has 3 aromatic rings. The van der Waals surface area contributed by atoms with Crippen LogP contribution in [0.4, 0.5) is 0 Å². The van der Waals surface area contributed by atoms with Crippen molar-refractivity contribution in [2.45, 2.75) is 24.7 Å². The molecule has 0 amide bonds. The van der Waals surface area contributed by atoms with Crippen molar-refractivity contribution in [1.82, 2.24) is 4.98 Å². The van der Waals surface area contributed by atoms with Gasteiger partial charge < -0.3 is 9.84 Å². The minimum Gasteiger partial charge on any atom is -0.385 e. The van der Waals surface area contributed by atoms with Crippen molar-refractivity contribution in [2.24, 2.45) is 0 Å². The maximum atomic E-state index is 10.8. The van der Waals surface area contributed by atoms with E-state index in [1.165, 1.54) is 0 Å². The molecular weight excluding hydrogens is 282 g/mol. The van der Waals surface area contributed by atoms with Crippen LogP contribution in [-0.2, 0) is 10.3 Å². The number of fused-ring (bicyclic) bond motifs is 1. The first kappa shape index (κ1) is 13.0. The molecule has 4 heteroatoms. The molecule has 1 fully saturated rings. The average Bonchev–Trinajstić information content (AvgIpc) is 3.02. The summed E-state index contributed by atoms with van der Waals surface area (Å²) in [5.41, 5.74) is 1.12. The van der Waals surface area contributed by atoms with Gasteiger partial charge in [0.15, 0.2) is 5.60 Å². The van der Waals surface area contributed by atoms with Crippen LogP contribution < -0.4 is 0 Å². The van der Waals surface area contributed by atoms with E-state index in [9.17, 15) is 5.11 Å². The summed E-state index contributed by atoms with van der Waals surface area (Å²) in [5.74, 6) is 0. The van der Waals surface area contributed by atoms with Gasteiger partial charge in [0, 0.05) is 0 Å². The number of ether oxygens (including phenoxy) is 1. The molecule has 1 N–H and O–H groups in total. The van der Waals surface area contributed by atoms with Gasteiger partial charge in [0.2, 0.25) is 0 Å². The maximum absolute atomic E-state index is 10.8. The first-order valence-electron chi connectivity index (χ1n) is 6.98. The van der Waals surface area contributed by atoms with Crippen molar-refractivity contribution in [3.05, 3.63) is 65.2 Å². The third-order valence-corrected chi connectivity index (χ3v) is 5.24. The van der Waals surface area contributed by atoms with Gasteiger partial charge in [0.05, 0.1) is 16.3 Å². The highest BCUT2D eigenvalue weighted by molar-refractivity contribution is 7.18. The molecule has 1 unspecified atom stereocenters. The van der Waals surface area contributed by atoms with Crippen LogP contribution in [0.25, 0.3) is 10.2 Å². The van der Waals surface area contributed by atoms with Crippen LogP contribution in [0.15, 0.2) is 54.6 Å². The molecule has 1 aromatic heterocycles. The zero-order valence-corrected chi connectivity index (χ0v) is 12.4. The number of hydrogen-bond donors (Lipinski definition) is 1. The first-order valence-corrected chi connectivity index (χ1v) is 7.80. The molecule has 21 heavy (non-hydrogen) atoms. The number of thiazole rings is 1. The highest BCUT2D eigenvalue weighted by atomic mass is 32.1. The predicted octanol–water partition coefficient (Wildman–Crippen LogP) is 3.64. The molecule has 1 aliphatic rings. The fraction of sp³-hybridized carbons (Fsp3) is 0.235. The second-order valence-corrected chi connectivity index (χ2v) is 6.38. The van der Waals surface area contributed by atoms with E-state index in [4.69, 9.17) is 4.74 Å². The molecule has 0 bridgehead atoms. The van der Waals surface area contributed by atoms with E-state index < -0.39 is 11.7 Å². The molecule has 0 spiro atoms. The number of aromatic nitrogens is 1. The second-order valence-electron chi connectivity index (χ2n) is 5.35. The Morgan fingerprint density at radius 1 is 1.14 bits per heavy atom. The minimum absolute atomic E-state index is 0.0340. The Balaban J connectivity index is 1.80. The molecule has 4 rings (SSSR count). The van der Waals surface area contributed by atoms with Crippen molar-refractivity contribution >= 4 is 21.6 Å². The van der Waals surface area contributed by atoms with E-state index in [1.54, 1.807) is 11.3 Å². The highest BCUT2D eigenvalue weighted by Crippen LogP contribution is 2.56. The zero-order chi connectivity index (χ0) is 14.4. The Morgan fingerprint density at radius 2 is 1.81 bits per heavy atom. The lowest BCUT2D eigenvalue weighted by molar-refractivity contribution is 0.0729. The van der Waals surface area contributed by atoms with Gasteiger partial charge in [-0.15, -0.1) is 11.3 Å². The summed E-state index contributed by atoms with van der Waals surface area (Å²) < 4.78 is 6.95. The lowest BCUT2D eigenvalue weighted by atomic mass is 9.93. The molecule has 3 nitrogen and oxygen atoms in total. The number of para-hydroxylation sites is 1. The molecule has 106 valence electrons. The minimum atomic E-state index is -0.703. The molecule has 0 saturated carbocycles. The third-order valence-electron chi connectivity index (χ3n) is 4.07. The lowest BCUT2D eigenvalue weighted by Gasteiger charge is -2.18. The maximum Gasteiger partial charge on any atom is 0.175 e. The van der Waals surface area contributed by atoms with E-state index in [0.29, 0.717) is 0 Å². The van der Waals surface area contributed by atoms with Gasteiger partial charge in [-0.2, -0.15) is 0 Å². The van der Waals surface area contributed by atoms with Crippen LogP contribution >= 0.6 is 11.3 Å². The number of rotatable bonds is 3. The molecule has 1 aliphatic heterocycles. The molecule has 0 radical (unpaired) electrons. The van der Waals surface area contributed by atoms with E-state index in [2.05, 4.69) is 4.98 Å². The highest BCUT2D eigenvalue weighted by Gasteiger charge is 2.62. The summed E-state index contributed by atoms with van der Waals surface area (Å²) in [6.07, 6.45) is -0.734. The molecule has 3 atom stereocenters. The Kier molecular flexibility index (Phi) is 2.85. The van der Waals surface area contributed by atoms with Crippen molar-refractivity contribution < 1.29 is 9.84 Å². The number of nitrogens with zero attached hydrogens (tertiary/aromatic N) is 1. The Hall–Kier alpha value is -1.75. The summed E-state index contributed by atoms with van der Waals surface area (Å²) in [5, 5.41) is 11.7. The quantitative estimate of drug-likeness (QED) is 0.751. The Bertz CT molecular complexity index is 753. The number of epoxide rings is 1. The monoisotopic (exact) mass is 297 g/mol. The van der Waals surface area contributed by atoms with Crippen LogP contribution in [0.1, 0.15) is 23.6 Å². The van der Waals surface area contributed by atoms with Crippen LogP contribution in [0.2, 0.25) is 0 Å². The van der Waals surface area contributed by atoms with Crippen molar-refractivity contribution in [1.29, 1.82) is 0 Å². The number of aliphatic hydroxyl groups excluding tert-OH is 1. The van der Waals surface area contributed by atoms with Crippen molar-refractivity contribution in [2.75, 3.05) is 0 Å². The predicted molar refractivity (Wildman–Crippen MR) is 83.2 cm³/mol. The van der Waals surface area contributed by atoms with E-state index >= 15 is 0 Å². The van der Waals surface area contributed by atoms with E-state index in [-0.39, 0.29) is 6.10 Å². The topological polar surface area (TPSA) is 45.7 Å². The van der Waals surface area contributed by atoms with E-state index in [1.807, 2.05) is 61.5 Å². The standard InChI is InChI=1S/C17H15NO2S/c1-11-17(20-11,15(19)12-7-3-2-4-8-12)16-18-13-9-5-6-10-14(13)21-16/h2-11,15,19H,1H3/t11-,15?,17+/m1/s1. The third kappa shape index (κ3) is 1.91. The normalized spacial score (nSPS) is 25.9. The summed E-state index contributed by atoms with van der Waals surface area (Å²) in [6, 6.07) is 17.7. The van der Waals surface area contributed by atoms with Crippen LogP contribution in [0.5, 0.6) is 0 Å².